The first-order valence-corrected chi connectivity index (χ1v) is 13.5. The van der Waals surface area contributed by atoms with Crippen LogP contribution in [0.5, 0.6) is 0 Å². The molecule has 0 spiro atoms. The van der Waals surface area contributed by atoms with Gasteiger partial charge < -0.3 is 20.9 Å². The molecule has 1 unspecified atom stereocenters. The number of likely N-dealkylation sites (tertiary alicyclic amines) is 1. The van der Waals surface area contributed by atoms with Crippen molar-refractivity contribution in [2.24, 2.45) is 0 Å². The number of hydrogen-bond donors (Lipinski definition) is 3. The fraction of sp³-hybridized carbons (Fsp3) is 0.483. The molecule has 1 heterocycles. The van der Waals surface area contributed by atoms with Crippen molar-refractivity contribution in [1.29, 1.82) is 0 Å². The molecular formula is C29H33F5N4O3. The van der Waals surface area contributed by atoms with Gasteiger partial charge >= 0.3 is 6.18 Å². The molecule has 12 heteroatoms. The maximum Gasteiger partial charge on any atom is 0.416 e. The summed E-state index contributed by atoms with van der Waals surface area (Å²) in [6, 6.07) is 2.76. The summed E-state index contributed by atoms with van der Waals surface area (Å²) in [5.74, 6) is -3.13. The van der Waals surface area contributed by atoms with Crippen LogP contribution in [-0.4, -0.2) is 54.3 Å². The smallest absolute Gasteiger partial charge is 0.347 e. The zero-order chi connectivity index (χ0) is 30.1. The van der Waals surface area contributed by atoms with Crippen LogP contribution in [0.15, 0.2) is 30.3 Å². The number of likely N-dealkylation sites (N-methyl/N-ethyl adjacent to an activating group) is 1. The molecule has 2 aromatic carbocycles. The summed E-state index contributed by atoms with van der Waals surface area (Å²) in [7, 11) is 1.54. The second-order valence-corrected chi connectivity index (χ2v) is 10.6. The van der Waals surface area contributed by atoms with Gasteiger partial charge in [-0.2, -0.15) is 13.2 Å². The van der Waals surface area contributed by atoms with Gasteiger partial charge in [0.1, 0.15) is 23.7 Å². The molecule has 4 atom stereocenters. The maximum atomic E-state index is 14.9. The minimum Gasteiger partial charge on any atom is -0.347 e. The first-order valence-electron chi connectivity index (χ1n) is 13.5. The predicted molar refractivity (Wildman–Crippen MR) is 141 cm³/mol. The highest BCUT2D eigenvalue weighted by atomic mass is 19.4. The maximum absolute atomic E-state index is 14.9. The van der Waals surface area contributed by atoms with Crippen molar-refractivity contribution in [3.8, 4) is 0 Å². The van der Waals surface area contributed by atoms with Crippen molar-refractivity contribution >= 4 is 17.7 Å². The summed E-state index contributed by atoms with van der Waals surface area (Å²) in [4.78, 5) is 41.2. The van der Waals surface area contributed by atoms with Gasteiger partial charge in [-0.25, -0.2) is 8.78 Å². The van der Waals surface area contributed by atoms with Gasteiger partial charge in [0, 0.05) is 13.0 Å². The van der Waals surface area contributed by atoms with Crippen LogP contribution in [0.2, 0.25) is 0 Å². The Morgan fingerprint density at radius 2 is 1.83 bits per heavy atom. The minimum absolute atomic E-state index is 0.170. The first kappa shape index (κ1) is 30.4. The summed E-state index contributed by atoms with van der Waals surface area (Å²) in [6.45, 7) is 2.95. The molecule has 1 fully saturated rings. The number of fused-ring (bicyclic) bond motifs is 1. The highest BCUT2D eigenvalue weighted by Gasteiger charge is 2.40. The van der Waals surface area contributed by atoms with Gasteiger partial charge in [-0.3, -0.25) is 14.4 Å². The molecule has 3 N–H and O–H groups in total. The molecule has 0 radical (unpaired) electrons. The van der Waals surface area contributed by atoms with Gasteiger partial charge in [-0.15, -0.1) is 0 Å². The third-order valence-corrected chi connectivity index (χ3v) is 7.93. The third-order valence-electron chi connectivity index (χ3n) is 7.93. The number of carbonyl (C=O) groups excluding carboxylic acids is 3. The van der Waals surface area contributed by atoms with E-state index in [2.05, 4.69) is 16.0 Å². The SMILES string of the molecule is CN[C@@H](C)C(=O)N[C@@H](Cc1cc(C)c(C(F)(F)F)cc1F)C(=O)N1CCC[C@H]1C(=O)NC1CCc2c(F)cccc21. The first-order chi connectivity index (χ1) is 19.3. The van der Waals surface area contributed by atoms with Crippen LogP contribution in [0.25, 0.3) is 0 Å². The Kier molecular flexibility index (Phi) is 9.00. The molecule has 7 nitrogen and oxygen atoms in total. The topological polar surface area (TPSA) is 90.5 Å². The van der Waals surface area contributed by atoms with Gasteiger partial charge in [0.2, 0.25) is 17.7 Å². The molecule has 41 heavy (non-hydrogen) atoms. The normalized spacial score (nSPS) is 20.0. The number of nitrogens with zero attached hydrogens (tertiary/aromatic N) is 1. The number of benzene rings is 2. The summed E-state index contributed by atoms with van der Waals surface area (Å²) in [6.07, 6.45) is -3.34. The van der Waals surface area contributed by atoms with Crippen LogP contribution in [0.1, 0.15) is 60.0 Å². The number of nitrogens with one attached hydrogen (secondary N) is 3. The number of rotatable bonds is 8. The Labute approximate surface area is 234 Å². The summed E-state index contributed by atoms with van der Waals surface area (Å²) in [5, 5.41) is 8.24. The molecular weight excluding hydrogens is 547 g/mol. The number of hydrogen-bond acceptors (Lipinski definition) is 4. The molecule has 2 aromatic rings. The second kappa shape index (κ2) is 12.1. The van der Waals surface area contributed by atoms with E-state index < -0.39 is 65.9 Å². The summed E-state index contributed by atoms with van der Waals surface area (Å²) in [5.41, 5.74) is -0.280. The number of halogens is 5. The second-order valence-electron chi connectivity index (χ2n) is 10.6. The third kappa shape index (κ3) is 6.52. The highest BCUT2D eigenvalue weighted by molar-refractivity contribution is 5.93. The molecule has 2 aliphatic rings. The fourth-order valence-corrected chi connectivity index (χ4v) is 5.58. The van der Waals surface area contributed by atoms with Crippen LogP contribution < -0.4 is 16.0 Å². The van der Waals surface area contributed by atoms with E-state index >= 15 is 0 Å². The molecule has 4 rings (SSSR count). The van der Waals surface area contributed by atoms with Crippen LogP contribution in [0.3, 0.4) is 0 Å². The Morgan fingerprint density at radius 3 is 2.51 bits per heavy atom. The van der Waals surface area contributed by atoms with E-state index in [9.17, 15) is 36.3 Å². The zero-order valence-corrected chi connectivity index (χ0v) is 23.0. The van der Waals surface area contributed by atoms with E-state index in [-0.39, 0.29) is 23.5 Å². The number of alkyl halides is 3. The Hall–Kier alpha value is -3.54. The van der Waals surface area contributed by atoms with Crippen molar-refractivity contribution < 1.29 is 36.3 Å². The van der Waals surface area contributed by atoms with Crippen molar-refractivity contribution in [1.82, 2.24) is 20.9 Å². The lowest BCUT2D eigenvalue weighted by Gasteiger charge is -2.30. The lowest BCUT2D eigenvalue weighted by Crippen LogP contribution is -2.56. The average Bonchev–Trinajstić information content (AvgIpc) is 3.57. The lowest BCUT2D eigenvalue weighted by atomic mass is 9.98. The molecule has 1 aliphatic carbocycles. The van der Waals surface area contributed by atoms with Crippen molar-refractivity contribution in [2.45, 2.75) is 76.3 Å². The molecule has 1 saturated heterocycles. The van der Waals surface area contributed by atoms with E-state index in [0.29, 0.717) is 42.9 Å². The molecule has 0 aromatic heterocycles. The van der Waals surface area contributed by atoms with E-state index in [0.717, 1.165) is 6.07 Å². The van der Waals surface area contributed by atoms with E-state index in [1.807, 2.05) is 0 Å². The van der Waals surface area contributed by atoms with Crippen molar-refractivity contribution in [3.63, 3.8) is 0 Å². The average molecular weight is 581 g/mol. The quantitative estimate of drug-likeness (QED) is 0.416. The Bertz CT molecular complexity index is 1330. The minimum atomic E-state index is -4.75. The Balaban J connectivity index is 1.56. The van der Waals surface area contributed by atoms with Gasteiger partial charge in [0.05, 0.1) is 17.6 Å². The number of carbonyl (C=O) groups is 3. The van der Waals surface area contributed by atoms with Gasteiger partial charge in [-0.1, -0.05) is 18.2 Å². The number of aryl methyl sites for hydroxylation is 1. The van der Waals surface area contributed by atoms with E-state index in [1.165, 1.54) is 24.9 Å². The molecule has 222 valence electrons. The molecule has 0 saturated carbocycles. The zero-order valence-electron chi connectivity index (χ0n) is 23.0. The standard InChI is InChI=1S/C29H33F5N4O3/c1-15-12-17(22(31)14-20(15)29(32,33)34)13-24(37-26(39)16(2)35-3)28(41)38-11-5-8-25(38)27(40)36-23-10-9-18-19(23)6-4-7-21(18)30/h4,6-7,12,14,16,23-25,35H,5,8-11,13H2,1-3H3,(H,36,40)(H,37,39)/t16-,23?,24-,25-/m0/s1. The predicted octanol–water partition coefficient (Wildman–Crippen LogP) is 3.72. The lowest BCUT2D eigenvalue weighted by molar-refractivity contribution is -0.141. The summed E-state index contributed by atoms with van der Waals surface area (Å²) < 4.78 is 68.9. The van der Waals surface area contributed by atoms with Gasteiger partial charge in [0.15, 0.2) is 0 Å². The van der Waals surface area contributed by atoms with Gasteiger partial charge in [0.25, 0.3) is 0 Å². The van der Waals surface area contributed by atoms with E-state index in [1.54, 1.807) is 19.1 Å². The number of amides is 3. The Morgan fingerprint density at radius 1 is 1.10 bits per heavy atom. The van der Waals surface area contributed by atoms with Crippen molar-refractivity contribution in [2.75, 3.05) is 13.6 Å². The van der Waals surface area contributed by atoms with Crippen molar-refractivity contribution in [3.05, 3.63) is 69.8 Å². The van der Waals surface area contributed by atoms with Crippen LogP contribution in [0, 0.1) is 18.6 Å². The van der Waals surface area contributed by atoms with Crippen LogP contribution in [-0.2, 0) is 33.4 Å². The highest BCUT2D eigenvalue weighted by Crippen LogP contribution is 2.35. The van der Waals surface area contributed by atoms with Gasteiger partial charge in [-0.05, 0) is 81.0 Å². The van der Waals surface area contributed by atoms with Crippen LogP contribution >= 0.6 is 0 Å². The fourth-order valence-electron chi connectivity index (χ4n) is 5.58. The van der Waals surface area contributed by atoms with Crippen LogP contribution in [0.4, 0.5) is 22.0 Å². The molecule has 1 aliphatic heterocycles. The summed E-state index contributed by atoms with van der Waals surface area (Å²) >= 11 is 0. The molecule has 0 bridgehead atoms. The van der Waals surface area contributed by atoms with E-state index in [4.69, 9.17) is 0 Å². The monoisotopic (exact) mass is 580 g/mol. The largest absolute Gasteiger partial charge is 0.416 e. The molecule has 3 amide bonds.